The van der Waals surface area contributed by atoms with Crippen molar-refractivity contribution in [3.63, 3.8) is 0 Å². The Hall–Kier alpha value is -0.0300. The van der Waals surface area contributed by atoms with Gasteiger partial charge in [-0.2, -0.15) is 0 Å². The summed E-state index contributed by atoms with van der Waals surface area (Å²) in [4.78, 5) is 11.5. The van der Waals surface area contributed by atoms with E-state index in [9.17, 15) is 4.79 Å². The Kier molecular flexibility index (Phi) is 4.59. The van der Waals surface area contributed by atoms with Gasteiger partial charge in [-0.3, -0.25) is 9.80 Å². The SMILES string of the molecule is CC1(Cl)C(Br)=C(Cl)C=CC1C(=O)N(N)C(C)(C)C. The largest absolute Gasteiger partial charge is 0.275 e. The standard InChI is InChI=1S/C12H17BrCl2N2O/c1-11(2,3)17(16)10(18)7-5-6-8(14)9(13)12(7,4)15/h5-7H,16H2,1-4H3. The van der Waals surface area contributed by atoms with Crippen molar-refractivity contribution in [2.24, 2.45) is 11.8 Å². The first kappa shape index (κ1) is 16.0. The normalized spacial score (nSPS) is 28.6. The van der Waals surface area contributed by atoms with Crippen LogP contribution in [0.1, 0.15) is 27.7 Å². The van der Waals surface area contributed by atoms with Crippen LogP contribution in [0.3, 0.4) is 0 Å². The number of hydrogen-bond donors (Lipinski definition) is 1. The van der Waals surface area contributed by atoms with Gasteiger partial charge in [0.1, 0.15) is 0 Å². The van der Waals surface area contributed by atoms with Gasteiger partial charge in [-0.15, -0.1) is 11.6 Å². The maximum Gasteiger partial charge on any atom is 0.246 e. The smallest absolute Gasteiger partial charge is 0.246 e. The van der Waals surface area contributed by atoms with Crippen molar-refractivity contribution in [2.45, 2.75) is 38.1 Å². The summed E-state index contributed by atoms with van der Waals surface area (Å²) in [5.74, 6) is 5.06. The first-order valence-electron chi connectivity index (χ1n) is 5.51. The quantitative estimate of drug-likeness (QED) is 0.338. The number of alkyl halides is 1. The molecular weight excluding hydrogens is 339 g/mol. The first-order valence-corrected chi connectivity index (χ1v) is 7.06. The third kappa shape index (κ3) is 2.93. The molecule has 2 unspecified atom stereocenters. The van der Waals surface area contributed by atoms with Crippen molar-refractivity contribution in [3.8, 4) is 0 Å². The lowest BCUT2D eigenvalue weighted by Gasteiger charge is -2.38. The fraction of sp³-hybridized carbons (Fsp3) is 0.583. The van der Waals surface area contributed by atoms with E-state index in [1.165, 1.54) is 5.01 Å². The average molecular weight is 356 g/mol. The van der Waals surface area contributed by atoms with Gasteiger partial charge in [0.15, 0.2) is 0 Å². The van der Waals surface area contributed by atoms with Gasteiger partial charge in [-0.25, -0.2) is 5.84 Å². The van der Waals surface area contributed by atoms with E-state index in [1.54, 1.807) is 19.1 Å². The molecule has 2 N–H and O–H groups in total. The highest BCUT2D eigenvalue weighted by molar-refractivity contribution is 9.11. The van der Waals surface area contributed by atoms with E-state index in [0.29, 0.717) is 9.51 Å². The lowest BCUT2D eigenvalue weighted by molar-refractivity contribution is -0.139. The summed E-state index contributed by atoms with van der Waals surface area (Å²) in [6.45, 7) is 7.33. The first-order chi connectivity index (χ1) is 7.99. The summed E-state index contributed by atoms with van der Waals surface area (Å²) in [7, 11) is 0. The molecule has 0 aliphatic heterocycles. The van der Waals surface area contributed by atoms with E-state index in [1.807, 2.05) is 20.8 Å². The second-order valence-corrected chi connectivity index (χ2v) is 7.44. The number of allylic oxidation sites excluding steroid dienone is 3. The molecule has 0 bridgehead atoms. The zero-order valence-corrected chi connectivity index (χ0v) is 13.9. The van der Waals surface area contributed by atoms with Crippen LogP contribution in [0.2, 0.25) is 0 Å². The van der Waals surface area contributed by atoms with Crippen LogP contribution < -0.4 is 5.84 Å². The fourth-order valence-electron chi connectivity index (χ4n) is 1.60. The molecule has 1 rings (SSSR count). The number of carbonyl (C=O) groups is 1. The lowest BCUT2D eigenvalue weighted by Crippen LogP contribution is -2.55. The van der Waals surface area contributed by atoms with Gasteiger partial charge in [0, 0.05) is 4.48 Å². The second-order valence-electron chi connectivity index (χ2n) is 5.45. The van der Waals surface area contributed by atoms with Crippen LogP contribution in [0.5, 0.6) is 0 Å². The molecule has 0 aromatic rings. The third-order valence-corrected chi connectivity index (χ3v) is 5.33. The Morgan fingerprint density at radius 2 is 2.06 bits per heavy atom. The Bertz CT molecular complexity index is 424. The number of hydrazine groups is 1. The molecule has 1 aliphatic carbocycles. The molecule has 0 saturated carbocycles. The van der Waals surface area contributed by atoms with Crippen LogP contribution in [0, 0.1) is 5.92 Å². The number of nitrogens with zero attached hydrogens (tertiary/aromatic N) is 1. The fourth-order valence-corrected chi connectivity index (χ4v) is 2.56. The molecule has 102 valence electrons. The van der Waals surface area contributed by atoms with Gasteiger partial charge in [-0.1, -0.05) is 33.6 Å². The minimum absolute atomic E-state index is 0.239. The van der Waals surface area contributed by atoms with E-state index in [-0.39, 0.29) is 5.91 Å². The highest BCUT2D eigenvalue weighted by Crippen LogP contribution is 2.44. The third-order valence-electron chi connectivity index (χ3n) is 2.88. The van der Waals surface area contributed by atoms with E-state index in [2.05, 4.69) is 15.9 Å². The Morgan fingerprint density at radius 1 is 1.56 bits per heavy atom. The predicted molar refractivity (Wildman–Crippen MR) is 79.5 cm³/mol. The molecule has 18 heavy (non-hydrogen) atoms. The molecule has 0 aromatic carbocycles. The minimum Gasteiger partial charge on any atom is -0.275 e. The summed E-state index contributed by atoms with van der Waals surface area (Å²) >= 11 is 15.8. The molecule has 0 radical (unpaired) electrons. The Morgan fingerprint density at radius 3 is 2.50 bits per heavy atom. The maximum absolute atomic E-state index is 12.4. The van der Waals surface area contributed by atoms with Crippen molar-refractivity contribution < 1.29 is 4.79 Å². The van der Waals surface area contributed by atoms with Crippen LogP contribution in [-0.2, 0) is 4.79 Å². The molecule has 6 heteroatoms. The van der Waals surface area contributed by atoms with Crippen molar-refractivity contribution in [1.29, 1.82) is 0 Å². The van der Waals surface area contributed by atoms with Gasteiger partial charge < -0.3 is 0 Å². The van der Waals surface area contributed by atoms with E-state index >= 15 is 0 Å². The summed E-state index contributed by atoms with van der Waals surface area (Å²) < 4.78 is 0.599. The number of rotatable bonds is 1. The molecule has 1 amide bonds. The number of carbonyl (C=O) groups excluding carboxylic acids is 1. The number of halogens is 3. The van der Waals surface area contributed by atoms with Gasteiger partial charge >= 0.3 is 0 Å². The van der Waals surface area contributed by atoms with Crippen LogP contribution >= 0.6 is 39.1 Å². The van der Waals surface area contributed by atoms with E-state index in [0.717, 1.165) is 0 Å². The highest BCUT2D eigenvalue weighted by Gasteiger charge is 2.44. The second kappa shape index (κ2) is 5.16. The number of nitrogens with two attached hydrogens (primary N) is 1. The van der Waals surface area contributed by atoms with Gasteiger partial charge in [-0.05, 0) is 33.8 Å². The summed E-state index contributed by atoms with van der Waals surface area (Å²) in [6.07, 6.45) is 3.35. The molecule has 2 atom stereocenters. The van der Waals surface area contributed by atoms with Crippen LogP contribution in [0.25, 0.3) is 0 Å². The highest BCUT2D eigenvalue weighted by atomic mass is 79.9. The molecule has 1 aliphatic rings. The Labute approximate surface area is 126 Å². The molecule has 0 spiro atoms. The van der Waals surface area contributed by atoms with E-state index in [4.69, 9.17) is 29.0 Å². The summed E-state index contributed by atoms with van der Waals surface area (Å²) in [5, 5.41) is 1.71. The number of amides is 1. The van der Waals surface area contributed by atoms with Gasteiger partial charge in [0.25, 0.3) is 0 Å². The van der Waals surface area contributed by atoms with E-state index < -0.39 is 16.3 Å². The predicted octanol–water partition coefficient (Wildman–Crippen LogP) is 3.52. The maximum atomic E-state index is 12.4. The molecule has 0 heterocycles. The zero-order valence-electron chi connectivity index (χ0n) is 10.8. The topological polar surface area (TPSA) is 46.3 Å². The van der Waals surface area contributed by atoms with Crippen LogP contribution in [0.4, 0.5) is 0 Å². The van der Waals surface area contributed by atoms with Crippen molar-refractivity contribution in [1.82, 2.24) is 5.01 Å². The summed E-state index contributed by atoms with van der Waals surface area (Å²) in [5.41, 5.74) is -0.463. The molecule has 0 fully saturated rings. The Balaban J connectivity index is 3.07. The summed E-state index contributed by atoms with van der Waals surface area (Å²) in [6, 6.07) is 0. The van der Waals surface area contributed by atoms with Gasteiger partial charge in [0.05, 0.1) is 21.4 Å². The van der Waals surface area contributed by atoms with Crippen LogP contribution in [-0.4, -0.2) is 21.3 Å². The monoisotopic (exact) mass is 354 g/mol. The molecule has 0 aromatic heterocycles. The van der Waals surface area contributed by atoms with Gasteiger partial charge in [0.2, 0.25) is 5.91 Å². The van der Waals surface area contributed by atoms with Crippen molar-refractivity contribution in [2.75, 3.05) is 0 Å². The molecule has 3 nitrogen and oxygen atoms in total. The van der Waals surface area contributed by atoms with Crippen molar-refractivity contribution >= 4 is 45.0 Å². The van der Waals surface area contributed by atoms with Crippen molar-refractivity contribution in [3.05, 3.63) is 21.7 Å². The average Bonchev–Trinajstić information content (AvgIpc) is 2.23. The number of hydrogen-bond acceptors (Lipinski definition) is 2. The minimum atomic E-state index is -0.925. The lowest BCUT2D eigenvalue weighted by atomic mass is 9.87. The molecular formula is C12H17BrCl2N2O. The molecule has 0 saturated heterocycles. The van der Waals surface area contributed by atoms with Crippen LogP contribution in [0.15, 0.2) is 21.7 Å². The zero-order chi connectivity index (χ0) is 14.3.